The smallest absolute Gasteiger partial charge is 0.308 e. The molecule has 0 aliphatic carbocycles. The van der Waals surface area contributed by atoms with Crippen molar-refractivity contribution in [1.82, 2.24) is 0 Å². The van der Waals surface area contributed by atoms with E-state index in [0.29, 0.717) is 10.7 Å². The number of hydrogen-bond acceptors (Lipinski definition) is 3. The maximum atomic E-state index is 12.1. The molecule has 0 spiro atoms. The Bertz CT molecular complexity index is 504. The molecule has 0 saturated heterocycles. The van der Waals surface area contributed by atoms with E-state index in [-0.39, 0.29) is 19.1 Å². The van der Waals surface area contributed by atoms with Crippen LogP contribution in [0.4, 0.5) is 5.69 Å². The first-order valence-electron chi connectivity index (χ1n) is 6.15. The van der Waals surface area contributed by atoms with Crippen LogP contribution in [-0.2, 0) is 14.3 Å². The zero-order chi connectivity index (χ0) is 15.3. The number of carbonyl (C=O) groups excluding carboxylic acids is 1. The zero-order valence-electron chi connectivity index (χ0n) is 11.7. The minimum absolute atomic E-state index is 0.0682. The third-order valence-electron chi connectivity index (χ3n) is 2.91. The van der Waals surface area contributed by atoms with Crippen LogP contribution < -0.4 is 4.90 Å². The molecule has 1 N–H and O–H groups in total. The van der Waals surface area contributed by atoms with Gasteiger partial charge in [0.25, 0.3) is 5.91 Å². The predicted octanol–water partition coefficient (Wildman–Crippen LogP) is 2.35. The molecule has 1 rings (SSSR count). The van der Waals surface area contributed by atoms with Crippen LogP contribution in [0, 0.1) is 12.8 Å². The summed E-state index contributed by atoms with van der Waals surface area (Å²) in [6.45, 7) is 3.34. The first-order valence-corrected chi connectivity index (χ1v) is 6.53. The topological polar surface area (TPSA) is 66.8 Å². The standard InChI is InChI=1S/C14H18ClNO4/c1-9-4-5-11(15)6-12(9)16(13(17)8-20-3)7-10(2)14(18)19/h4-6,10H,7-8H2,1-3H3,(H,18,19). The summed E-state index contributed by atoms with van der Waals surface area (Å²) in [4.78, 5) is 24.5. The van der Waals surface area contributed by atoms with Gasteiger partial charge in [0, 0.05) is 24.4 Å². The van der Waals surface area contributed by atoms with Gasteiger partial charge in [-0.1, -0.05) is 24.6 Å². The van der Waals surface area contributed by atoms with E-state index in [1.807, 2.05) is 6.92 Å². The minimum atomic E-state index is -0.958. The van der Waals surface area contributed by atoms with Gasteiger partial charge in [0.2, 0.25) is 0 Å². The minimum Gasteiger partial charge on any atom is -0.481 e. The second-order valence-electron chi connectivity index (χ2n) is 4.61. The summed E-state index contributed by atoms with van der Waals surface area (Å²) >= 11 is 5.96. The number of aryl methyl sites for hydroxylation is 1. The molecule has 0 aromatic heterocycles. The number of methoxy groups -OCH3 is 1. The quantitative estimate of drug-likeness (QED) is 0.875. The Kier molecular flexibility index (Phi) is 5.98. The number of carbonyl (C=O) groups is 2. The molecule has 1 amide bonds. The molecule has 0 saturated carbocycles. The highest BCUT2D eigenvalue weighted by molar-refractivity contribution is 6.31. The fourth-order valence-electron chi connectivity index (χ4n) is 1.76. The van der Waals surface area contributed by atoms with Crippen molar-refractivity contribution < 1.29 is 19.4 Å². The fourth-order valence-corrected chi connectivity index (χ4v) is 1.93. The lowest BCUT2D eigenvalue weighted by Crippen LogP contribution is -2.39. The summed E-state index contributed by atoms with van der Waals surface area (Å²) in [7, 11) is 1.42. The molecule has 1 atom stereocenters. The Morgan fingerprint density at radius 3 is 2.65 bits per heavy atom. The van der Waals surface area contributed by atoms with E-state index in [0.717, 1.165) is 5.56 Å². The summed E-state index contributed by atoms with van der Waals surface area (Å²) < 4.78 is 4.85. The van der Waals surface area contributed by atoms with E-state index >= 15 is 0 Å². The number of nitrogens with zero attached hydrogens (tertiary/aromatic N) is 1. The number of hydrogen-bond donors (Lipinski definition) is 1. The lowest BCUT2D eigenvalue weighted by molar-refractivity contribution is -0.140. The molecule has 110 valence electrons. The lowest BCUT2D eigenvalue weighted by Gasteiger charge is -2.26. The molecule has 0 aliphatic heterocycles. The van der Waals surface area contributed by atoms with Gasteiger partial charge in [0.15, 0.2) is 0 Å². The van der Waals surface area contributed by atoms with Gasteiger partial charge in [-0.3, -0.25) is 9.59 Å². The predicted molar refractivity (Wildman–Crippen MR) is 77.2 cm³/mol. The average Bonchev–Trinajstić information content (AvgIpc) is 2.38. The van der Waals surface area contributed by atoms with Gasteiger partial charge in [-0.15, -0.1) is 0 Å². The maximum absolute atomic E-state index is 12.1. The molecule has 0 bridgehead atoms. The highest BCUT2D eigenvalue weighted by Crippen LogP contribution is 2.25. The van der Waals surface area contributed by atoms with Crippen LogP contribution in [-0.4, -0.2) is 37.2 Å². The van der Waals surface area contributed by atoms with Gasteiger partial charge >= 0.3 is 5.97 Å². The van der Waals surface area contributed by atoms with E-state index in [1.165, 1.54) is 12.0 Å². The summed E-state index contributed by atoms with van der Waals surface area (Å²) in [5.41, 5.74) is 1.45. The van der Waals surface area contributed by atoms with Crippen molar-refractivity contribution in [3.63, 3.8) is 0 Å². The number of halogens is 1. The van der Waals surface area contributed by atoms with Crippen LogP contribution in [0.1, 0.15) is 12.5 Å². The number of rotatable bonds is 6. The molecule has 1 aromatic carbocycles. The summed E-state index contributed by atoms with van der Waals surface area (Å²) in [6.07, 6.45) is 0. The van der Waals surface area contributed by atoms with Crippen LogP contribution >= 0.6 is 11.6 Å². The summed E-state index contributed by atoms with van der Waals surface area (Å²) in [6, 6.07) is 5.16. The molecular formula is C14H18ClNO4. The van der Waals surface area contributed by atoms with Gasteiger partial charge < -0.3 is 14.7 Å². The van der Waals surface area contributed by atoms with Gasteiger partial charge in [-0.2, -0.15) is 0 Å². The number of carboxylic acid groups (broad SMARTS) is 1. The Morgan fingerprint density at radius 1 is 1.45 bits per heavy atom. The third-order valence-corrected chi connectivity index (χ3v) is 3.14. The van der Waals surface area contributed by atoms with Crippen molar-refractivity contribution in [2.24, 2.45) is 5.92 Å². The highest BCUT2D eigenvalue weighted by atomic mass is 35.5. The SMILES string of the molecule is COCC(=O)N(CC(C)C(=O)O)c1cc(Cl)ccc1C. The molecule has 0 fully saturated rings. The second kappa shape index (κ2) is 7.26. The number of amides is 1. The Morgan fingerprint density at radius 2 is 2.10 bits per heavy atom. The molecule has 5 nitrogen and oxygen atoms in total. The monoisotopic (exact) mass is 299 g/mol. The zero-order valence-corrected chi connectivity index (χ0v) is 12.5. The Hall–Kier alpha value is -1.59. The fraction of sp³-hybridized carbons (Fsp3) is 0.429. The van der Waals surface area contributed by atoms with Crippen molar-refractivity contribution in [1.29, 1.82) is 0 Å². The Labute approximate surface area is 123 Å². The second-order valence-corrected chi connectivity index (χ2v) is 5.04. The van der Waals surface area contributed by atoms with Gasteiger partial charge in [0.1, 0.15) is 6.61 Å². The molecular weight excluding hydrogens is 282 g/mol. The third kappa shape index (κ3) is 4.21. The largest absolute Gasteiger partial charge is 0.481 e. The number of ether oxygens (including phenoxy) is 1. The highest BCUT2D eigenvalue weighted by Gasteiger charge is 2.23. The molecule has 1 unspecified atom stereocenters. The van der Waals surface area contributed by atoms with Gasteiger partial charge in [-0.25, -0.2) is 0 Å². The summed E-state index contributed by atoms with van der Waals surface area (Å²) in [5, 5.41) is 9.51. The first-order chi connectivity index (χ1) is 9.36. The number of anilines is 1. The van der Waals surface area contributed by atoms with E-state index in [9.17, 15) is 9.59 Å². The molecule has 1 aromatic rings. The average molecular weight is 300 g/mol. The lowest BCUT2D eigenvalue weighted by atomic mass is 10.1. The van der Waals surface area contributed by atoms with E-state index in [2.05, 4.69) is 0 Å². The maximum Gasteiger partial charge on any atom is 0.308 e. The molecule has 0 heterocycles. The van der Waals surface area contributed by atoms with Crippen LogP contribution in [0.15, 0.2) is 18.2 Å². The van der Waals surface area contributed by atoms with Crippen molar-refractivity contribution in [3.8, 4) is 0 Å². The van der Waals surface area contributed by atoms with Gasteiger partial charge in [-0.05, 0) is 24.6 Å². The van der Waals surface area contributed by atoms with Crippen molar-refractivity contribution in [3.05, 3.63) is 28.8 Å². The Balaban J connectivity index is 3.12. The van der Waals surface area contributed by atoms with Crippen LogP contribution in [0.5, 0.6) is 0 Å². The number of benzene rings is 1. The van der Waals surface area contributed by atoms with Crippen LogP contribution in [0.25, 0.3) is 0 Å². The normalized spacial score (nSPS) is 12.0. The number of carboxylic acids is 1. The number of aliphatic carboxylic acids is 1. The molecule has 0 aliphatic rings. The van der Waals surface area contributed by atoms with E-state index < -0.39 is 11.9 Å². The first kappa shape index (κ1) is 16.5. The molecule has 20 heavy (non-hydrogen) atoms. The van der Waals surface area contributed by atoms with Crippen LogP contribution in [0.3, 0.4) is 0 Å². The molecule has 6 heteroatoms. The van der Waals surface area contributed by atoms with Crippen molar-refractivity contribution in [2.75, 3.05) is 25.2 Å². The van der Waals surface area contributed by atoms with Gasteiger partial charge in [0.05, 0.1) is 5.92 Å². The summed E-state index contributed by atoms with van der Waals surface area (Å²) in [5.74, 6) is -1.94. The van der Waals surface area contributed by atoms with Crippen molar-refractivity contribution >= 4 is 29.2 Å². The van der Waals surface area contributed by atoms with Crippen LogP contribution in [0.2, 0.25) is 5.02 Å². The van der Waals surface area contributed by atoms with E-state index in [4.69, 9.17) is 21.4 Å². The molecule has 0 radical (unpaired) electrons. The van der Waals surface area contributed by atoms with Crippen molar-refractivity contribution in [2.45, 2.75) is 13.8 Å². The van der Waals surface area contributed by atoms with E-state index in [1.54, 1.807) is 25.1 Å².